The van der Waals surface area contributed by atoms with E-state index >= 15 is 0 Å². The highest BCUT2D eigenvalue weighted by Crippen LogP contribution is 2.25. The predicted molar refractivity (Wildman–Crippen MR) is 113 cm³/mol. The van der Waals surface area contributed by atoms with Crippen molar-refractivity contribution in [2.24, 2.45) is 0 Å². The zero-order chi connectivity index (χ0) is 19.8. The van der Waals surface area contributed by atoms with Gasteiger partial charge in [0.05, 0.1) is 6.54 Å². The maximum absolute atomic E-state index is 11.4. The first kappa shape index (κ1) is 20.9. The second kappa shape index (κ2) is 10.1. The molecule has 0 unspecified atom stereocenters. The molecule has 27 heavy (non-hydrogen) atoms. The van der Waals surface area contributed by atoms with Crippen LogP contribution in [0.15, 0.2) is 46.9 Å². The van der Waals surface area contributed by atoms with Crippen LogP contribution in [0.1, 0.15) is 21.6 Å². The molecule has 0 bridgehead atoms. The van der Waals surface area contributed by atoms with E-state index in [1.807, 2.05) is 54.6 Å². The Morgan fingerprint density at radius 2 is 1.93 bits per heavy atom. The van der Waals surface area contributed by atoms with Gasteiger partial charge in [-0.15, -0.1) is 0 Å². The largest absolute Gasteiger partial charge is 0.480 e. The average Bonchev–Trinajstić information content (AvgIpc) is 2.98. The van der Waals surface area contributed by atoms with Crippen molar-refractivity contribution in [3.05, 3.63) is 68.8 Å². The first-order valence-electron chi connectivity index (χ1n) is 8.01. The van der Waals surface area contributed by atoms with Crippen molar-refractivity contribution in [3.63, 3.8) is 0 Å². The van der Waals surface area contributed by atoms with E-state index in [4.69, 9.17) is 16.7 Å². The molecule has 3 rings (SSSR count). The van der Waals surface area contributed by atoms with Crippen molar-refractivity contribution in [3.8, 4) is 0 Å². The summed E-state index contributed by atoms with van der Waals surface area (Å²) in [4.78, 5) is 24.2. The lowest BCUT2D eigenvalue weighted by Gasteiger charge is -1.94. The summed E-state index contributed by atoms with van der Waals surface area (Å²) in [6.45, 7) is 0.0417. The van der Waals surface area contributed by atoms with Crippen molar-refractivity contribution >= 4 is 62.8 Å². The van der Waals surface area contributed by atoms with Crippen molar-refractivity contribution in [2.45, 2.75) is 0 Å². The third-order valence-electron chi connectivity index (χ3n) is 3.59. The number of aromatic nitrogens is 1. The zero-order valence-corrected chi connectivity index (χ0v) is 16.8. The number of hydrogen-bond donors (Lipinski definition) is 3. The molecule has 3 N–H and O–H groups in total. The number of carboxylic acids is 1. The molecule has 140 valence electrons. The van der Waals surface area contributed by atoms with Gasteiger partial charge in [0.15, 0.2) is 6.29 Å². The molecule has 7 heteroatoms. The minimum atomic E-state index is -0.822. The van der Waals surface area contributed by atoms with Crippen molar-refractivity contribution in [2.75, 3.05) is 13.6 Å². The Hall–Kier alpha value is -2.41. The zero-order valence-electron chi connectivity index (χ0n) is 14.5. The van der Waals surface area contributed by atoms with Gasteiger partial charge < -0.3 is 15.4 Å². The summed E-state index contributed by atoms with van der Waals surface area (Å²) < 4.78 is 0.974. The summed E-state index contributed by atoms with van der Waals surface area (Å²) in [5.41, 5.74) is 3.43. The standard InChI is InChI=1S/C17H11BrClNO.C3H7NO2/c18-12-4-7-14-15(10-21)16(20-17(14)9-12)8-3-11-1-5-13(19)6-2-11;1-4-2-3(5)6/h1-10,20H;4H,2H2,1H3,(H,5,6)/b8-3+;. The van der Waals surface area contributed by atoms with E-state index in [2.05, 4.69) is 26.2 Å². The fourth-order valence-electron chi connectivity index (χ4n) is 2.38. The number of aromatic amines is 1. The molecular formula is C20H18BrClN2O3. The Labute approximate surface area is 170 Å². The van der Waals surface area contributed by atoms with E-state index in [0.717, 1.165) is 32.9 Å². The number of carbonyl (C=O) groups is 2. The lowest BCUT2D eigenvalue weighted by molar-refractivity contribution is -0.135. The summed E-state index contributed by atoms with van der Waals surface area (Å²) in [6.07, 6.45) is 4.73. The maximum atomic E-state index is 11.4. The van der Waals surface area contributed by atoms with E-state index < -0.39 is 5.97 Å². The Morgan fingerprint density at radius 3 is 2.48 bits per heavy atom. The summed E-state index contributed by atoms with van der Waals surface area (Å²) >= 11 is 9.30. The first-order chi connectivity index (χ1) is 12.9. The molecule has 5 nitrogen and oxygen atoms in total. The van der Waals surface area contributed by atoms with Gasteiger partial charge in [0.1, 0.15) is 0 Å². The lowest BCUT2D eigenvalue weighted by atomic mass is 10.1. The fourth-order valence-corrected chi connectivity index (χ4v) is 2.86. The minimum absolute atomic E-state index is 0.0417. The molecular weight excluding hydrogens is 432 g/mol. The highest BCUT2D eigenvalue weighted by Gasteiger charge is 2.08. The third kappa shape index (κ3) is 6.06. The predicted octanol–water partition coefficient (Wildman–Crippen LogP) is 4.86. The molecule has 0 spiro atoms. The van der Waals surface area contributed by atoms with E-state index in [-0.39, 0.29) is 6.54 Å². The Bertz CT molecular complexity index is 965. The third-order valence-corrected chi connectivity index (χ3v) is 4.33. The summed E-state index contributed by atoms with van der Waals surface area (Å²) in [7, 11) is 1.59. The summed E-state index contributed by atoms with van der Waals surface area (Å²) in [5, 5.41) is 11.9. The number of hydrogen-bond acceptors (Lipinski definition) is 3. The van der Waals surface area contributed by atoms with Crippen LogP contribution in [0.2, 0.25) is 5.02 Å². The van der Waals surface area contributed by atoms with Crippen LogP contribution < -0.4 is 5.32 Å². The van der Waals surface area contributed by atoms with Crippen LogP contribution in [0.3, 0.4) is 0 Å². The molecule has 1 heterocycles. The fraction of sp³-hybridized carbons (Fsp3) is 0.100. The normalized spacial score (nSPS) is 10.6. The molecule has 0 atom stereocenters. The van der Waals surface area contributed by atoms with Crippen LogP contribution in [0.5, 0.6) is 0 Å². The molecule has 2 aromatic carbocycles. The number of aldehydes is 1. The second-order valence-corrected chi connectivity index (χ2v) is 6.92. The van der Waals surface area contributed by atoms with Crippen LogP contribution in [0.4, 0.5) is 0 Å². The number of aliphatic carboxylic acids is 1. The van der Waals surface area contributed by atoms with E-state index in [0.29, 0.717) is 10.6 Å². The maximum Gasteiger partial charge on any atom is 0.317 e. The Balaban J connectivity index is 0.000000380. The molecule has 0 amide bonds. The SMILES string of the molecule is CNCC(=O)O.O=Cc1c(/C=C/c2ccc(Cl)cc2)[nH]c2cc(Br)ccc12. The number of nitrogens with one attached hydrogen (secondary N) is 2. The highest BCUT2D eigenvalue weighted by atomic mass is 79.9. The van der Waals surface area contributed by atoms with Crippen molar-refractivity contribution < 1.29 is 14.7 Å². The number of likely N-dealkylation sites (N-methyl/N-ethyl adjacent to an activating group) is 1. The number of halogens is 2. The van der Waals surface area contributed by atoms with Gasteiger partial charge in [-0.05, 0) is 43.0 Å². The molecule has 0 saturated heterocycles. The number of carboxylic acid groups (broad SMARTS) is 1. The summed E-state index contributed by atoms with van der Waals surface area (Å²) in [5.74, 6) is -0.822. The average molecular weight is 450 g/mol. The molecule has 1 aromatic heterocycles. The minimum Gasteiger partial charge on any atom is -0.480 e. The Kier molecular flexibility index (Phi) is 7.79. The van der Waals surface area contributed by atoms with E-state index in [9.17, 15) is 9.59 Å². The van der Waals surface area contributed by atoms with Crippen LogP contribution in [-0.2, 0) is 4.79 Å². The van der Waals surface area contributed by atoms with Gasteiger partial charge in [-0.3, -0.25) is 9.59 Å². The molecule has 0 saturated carbocycles. The number of H-pyrrole nitrogens is 1. The van der Waals surface area contributed by atoms with Crippen LogP contribution in [0, 0.1) is 0 Å². The van der Waals surface area contributed by atoms with Crippen molar-refractivity contribution in [1.82, 2.24) is 10.3 Å². The molecule has 0 fully saturated rings. The smallest absolute Gasteiger partial charge is 0.317 e. The van der Waals surface area contributed by atoms with Gasteiger partial charge in [0.2, 0.25) is 0 Å². The molecule has 0 aliphatic carbocycles. The monoisotopic (exact) mass is 448 g/mol. The number of fused-ring (bicyclic) bond motifs is 1. The number of benzene rings is 2. The van der Waals surface area contributed by atoms with Gasteiger partial charge in [-0.2, -0.15) is 0 Å². The topological polar surface area (TPSA) is 82.2 Å². The van der Waals surface area contributed by atoms with Crippen LogP contribution in [0.25, 0.3) is 23.1 Å². The molecule has 0 aliphatic heterocycles. The van der Waals surface area contributed by atoms with Gasteiger partial charge >= 0.3 is 5.97 Å². The van der Waals surface area contributed by atoms with Gasteiger partial charge in [-0.25, -0.2) is 0 Å². The second-order valence-electron chi connectivity index (χ2n) is 5.57. The molecule has 0 aliphatic rings. The van der Waals surface area contributed by atoms with E-state index in [1.54, 1.807) is 7.05 Å². The first-order valence-corrected chi connectivity index (χ1v) is 9.18. The Morgan fingerprint density at radius 1 is 1.22 bits per heavy atom. The van der Waals surface area contributed by atoms with Gasteiger partial charge in [0.25, 0.3) is 0 Å². The lowest BCUT2D eigenvalue weighted by Crippen LogP contribution is -2.16. The van der Waals surface area contributed by atoms with Crippen molar-refractivity contribution in [1.29, 1.82) is 0 Å². The highest BCUT2D eigenvalue weighted by molar-refractivity contribution is 9.10. The van der Waals surface area contributed by atoms with Gasteiger partial charge in [0, 0.05) is 31.7 Å². The van der Waals surface area contributed by atoms with Crippen LogP contribution >= 0.6 is 27.5 Å². The van der Waals surface area contributed by atoms with Gasteiger partial charge in [-0.1, -0.05) is 51.8 Å². The van der Waals surface area contributed by atoms with E-state index in [1.165, 1.54) is 0 Å². The summed E-state index contributed by atoms with van der Waals surface area (Å²) in [6, 6.07) is 13.3. The number of rotatable bonds is 5. The molecule has 3 aromatic rings. The van der Waals surface area contributed by atoms with Crippen LogP contribution in [-0.4, -0.2) is 35.9 Å². The number of carbonyl (C=O) groups excluding carboxylic acids is 1. The quantitative estimate of drug-likeness (QED) is 0.486. The molecule has 0 radical (unpaired) electrons.